The molecule has 0 bridgehead atoms. The van der Waals surface area contributed by atoms with Crippen LogP contribution in [0, 0.1) is 0 Å². The third kappa shape index (κ3) is 3.86. The number of benzene rings is 1. The minimum Gasteiger partial charge on any atom is -0.493 e. The minimum atomic E-state index is 0.565. The van der Waals surface area contributed by atoms with E-state index in [1.807, 2.05) is 43.3 Å². The van der Waals surface area contributed by atoms with Crippen molar-refractivity contribution in [2.75, 3.05) is 6.61 Å². The summed E-state index contributed by atoms with van der Waals surface area (Å²) in [6.45, 7) is 6.50. The quantitative estimate of drug-likeness (QED) is 0.617. The highest BCUT2D eigenvalue weighted by atomic mass is 16.5. The Morgan fingerprint density at radius 3 is 2.65 bits per heavy atom. The lowest BCUT2D eigenvalue weighted by Crippen LogP contribution is -1.97. The van der Waals surface area contributed by atoms with Crippen LogP contribution < -0.4 is 4.74 Å². The summed E-state index contributed by atoms with van der Waals surface area (Å²) >= 11 is 0. The van der Waals surface area contributed by atoms with Gasteiger partial charge < -0.3 is 9.15 Å². The molecule has 23 heavy (non-hydrogen) atoms. The molecule has 1 aromatic carbocycles. The number of pyridine rings is 1. The lowest BCUT2D eigenvalue weighted by atomic mass is 10.2. The first-order chi connectivity index (χ1) is 11.2. The average molecular weight is 306 g/mol. The minimum absolute atomic E-state index is 0.565. The summed E-state index contributed by atoms with van der Waals surface area (Å²) in [5, 5.41) is 0. The van der Waals surface area contributed by atoms with Crippen molar-refractivity contribution >= 4 is 0 Å². The first-order valence-electron chi connectivity index (χ1n) is 7.46. The van der Waals surface area contributed by atoms with E-state index in [-0.39, 0.29) is 0 Å². The van der Waals surface area contributed by atoms with Crippen LogP contribution in [0.25, 0.3) is 22.8 Å². The zero-order chi connectivity index (χ0) is 16.1. The summed E-state index contributed by atoms with van der Waals surface area (Å²) < 4.78 is 11.5. The highest BCUT2D eigenvalue weighted by Crippen LogP contribution is 2.27. The van der Waals surface area contributed by atoms with Crippen molar-refractivity contribution in [3.63, 3.8) is 0 Å². The van der Waals surface area contributed by atoms with E-state index in [1.54, 1.807) is 18.6 Å². The average Bonchev–Trinajstić information content (AvgIpc) is 3.06. The molecule has 0 radical (unpaired) electrons. The molecule has 0 unspecified atom stereocenters. The van der Waals surface area contributed by atoms with Crippen LogP contribution in [0.4, 0.5) is 0 Å². The van der Waals surface area contributed by atoms with Gasteiger partial charge in [0.1, 0.15) is 5.75 Å². The fraction of sp³-hybridized carbons (Fsp3) is 0.158. The molecule has 0 aliphatic rings. The zero-order valence-corrected chi connectivity index (χ0v) is 13.0. The van der Waals surface area contributed by atoms with Gasteiger partial charge in [0.15, 0.2) is 5.76 Å². The molecule has 3 aromatic rings. The molecule has 0 atom stereocenters. The molecule has 4 heteroatoms. The summed E-state index contributed by atoms with van der Waals surface area (Å²) in [7, 11) is 0. The molecule has 3 rings (SSSR count). The number of rotatable bonds is 6. The van der Waals surface area contributed by atoms with Gasteiger partial charge in [0.2, 0.25) is 5.89 Å². The van der Waals surface area contributed by atoms with Crippen LogP contribution in [0.3, 0.4) is 0 Å². The SMILES string of the molecule is C=C(C)CCOc1ccc(-c2cnc(-c3cccnc3)o2)cc1. The topological polar surface area (TPSA) is 48.2 Å². The Kier molecular flexibility index (Phi) is 4.52. The van der Waals surface area contributed by atoms with Crippen LogP contribution >= 0.6 is 0 Å². The smallest absolute Gasteiger partial charge is 0.228 e. The van der Waals surface area contributed by atoms with Gasteiger partial charge in [-0.25, -0.2) is 4.98 Å². The van der Waals surface area contributed by atoms with Crippen LogP contribution in [0.2, 0.25) is 0 Å². The van der Waals surface area contributed by atoms with Crippen LogP contribution in [-0.4, -0.2) is 16.6 Å². The van der Waals surface area contributed by atoms with Crippen LogP contribution in [-0.2, 0) is 0 Å². The third-order valence-electron chi connectivity index (χ3n) is 3.35. The standard InChI is InChI=1S/C19H18N2O2/c1-14(2)9-11-22-17-7-5-15(6-8-17)18-13-21-19(23-18)16-4-3-10-20-12-16/h3-8,10,12-13H,1,9,11H2,2H3. The maximum atomic E-state index is 5.80. The number of ether oxygens (including phenoxy) is 1. The second kappa shape index (κ2) is 6.92. The molecule has 0 amide bonds. The number of hydrogen-bond donors (Lipinski definition) is 0. The van der Waals surface area contributed by atoms with Crippen molar-refractivity contribution in [1.82, 2.24) is 9.97 Å². The van der Waals surface area contributed by atoms with E-state index in [9.17, 15) is 0 Å². The molecule has 116 valence electrons. The highest BCUT2D eigenvalue weighted by molar-refractivity contribution is 5.61. The Labute approximate surface area is 135 Å². The Bertz CT molecular complexity index is 777. The number of hydrogen-bond acceptors (Lipinski definition) is 4. The molecule has 0 saturated carbocycles. The number of aromatic nitrogens is 2. The van der Waals surface area contributed by atoms with Crippen LogP contribution in [0.5, 0.6) is 5.75 Å². The molecule has 0 aliphatic heterocycles. The molecule has 0 spiro atoms. The van der Waals surface area contributed by atoms with E-state index < -0.39 is 0 Å². The van der Waals surface area contributed by atoms with Crippen molar-refractivity contribution in [2.24, 2.45) is 0 Å². The summed E-state index contributed by atoms with van der Waals surface area (Å²) in [4.78, 5) is 8.38. The lowest BCUT2D eigenvalue weighted by Gasteiger charge is -2.06. The van der Waals surface area contributed by atoms with Crippen molar-refractivity contribution in [3.05, 3.63) is 67.1 Å². The Morgan fingerprint density at radius 1 is 1.13 bits per heavy atom. The van der Waals surface area contributed by atoms with E-state index in [4.69, 9.17) is 9.15 Å². The summed E-state index contributed by atoms with van der Waals surface area (Å²) in [5.41, 5.74) is 2.93. The lowest BCUT2D eigenvalue weighted by molar-refractivity contribution is 0.322. The van der Waals surface area contributed by atoms with Gasteiger partial charge in [-0.15, -0.1) is 6.58 Å². The zero-order valence-electron chi connectivity index (χ0n) is 13.0. The number of nitrogens with zero attached hydrogens (tertiary/aromatic N) is 2. The van der Waals surface area contributed by atoms with Crippen molar-refractivity contribution in [3.8, 4) is 28.5 Å². The van der Waals surface area contributed by atoms with E-state index >= 15 is 0 Å². The summed E-state index contributed by atoms with van der Waals surface area (Å²) in [6, 6.07) is 11.6. The van der Waals surface area contributed by atoms with Gasteiger partial charge in [0, 0.05) is 24.4 Å². The first-order valence-corrected chi connectivity index (χ1v) is 7.46. The van der Waals surface area contributed by atoms with E-state index in [1.165, 1.54) is 0 Å². The van der Waals surface area contributed by atoms with Gasteiger partial charge in [-0.3, -0.25) is 4.98 Å². The monoisotopic (exact) mass is 306 g/mol. The van der Waals surface area contributed by atoms with Gasteiger partial charge in [-0.1, -0.05) is 5.57 Å². The molecule has 2 heterocycles. The summed E-state index contributed by atoms with van der Waals surface area (Å²) in [6.07, 6.45) is 6.03. The van der Waals surface area contributed by atoms with Gasteiger partial charge in [-0.05, 0) is 43.3 Å². The van der Waals surface area contributed by atoms with Gasteiger partial charge >= 0.3 is 0 Å². The molecule has 0 fully saturated rings. The number of oxazole rings is 1. The maximum absolute atomic E-state index is 5.80. The predicted octanol–water partition coefficient (Wildman–Crippen LogP) is 4.75. The molecular weight excluding hydrogens is 288 g/mol. The fourth-order valence-electron chi connectivity index (χ4n) is 2.09. The molecular formula is C19H18N2O2. The van der Waals surface area contributed by atoms with Crippen molar-refractivity contribution < 1.29 is 9.15 Å². The second-order valence-corrected chi connectivity index (χ2v) is 5.35. The molecule has 2 aromatic heterocycles. The van der Waals surface area contributed by atoms with Gasteiger partial charge in [0.05, 0.1) is 18.4 Å². The van der Waals surface area contributed by atoms with Crippen molar-refractivity contribution in [1.29, 1.82) is 0 Å². The largest absolute Gasteiger partial charge is 0.493 e. The molecule has 0 N–H and O–H groups in total. The molecule has 0 aliphatic carbocycles. The molecule has 0 saturated heterocycles. The van der Waals surface area contributed by atoms with Crippen molar-refractivity contribution in [2.45, 2.75) is 13.3 Å². The Balaban J connectivity index is 1.70. The van der Waals surface area contributed by atoms with Gasteiger partial charge in [0.25, 0.3) is 0 Å². The van der Waals surface area contributed by atoms with Crippen LogP contribution in [0.1, 0.15) is 13.3 Å². The van der Waals surface area contributed by atoms with Gasteiger partial charge in [-0.2, -0.15) is 0 Å². The van der Waals surface area contributed by atoms with Crippen LogP contribution in [0.15, 0.2) is 71.6 Å². The third-order valence-corrected chi connectivity index (χ3v) is 3.35. The Hall–Kier alpha value is -2.88. The second-order valence-electron chi connectivity index (χ2n) is 5.35. The van der Waals surface area contributed by atoms with E-state index in [0.717, 1.165) is 34.6 Å². The Morgan fingerprint density at radius 2 is 1.96 bits per heavy atom. The maximum Gasteiger partial charge on any atom is 0.228 e. The predicted molar refractivity (Wildman–Crippen MR) is 90.1 cm³/mol. The fourth-order valence-corrected chi connectivity index (χ4v) is 2.09. The molecule has 4 nitrogen and oxygen atoms in total. The van der Waals surface area contributed by atoms with E-state index in [0.29, 0.717) is 12.5 Å². The highest BCUT2D eigenvalue weighted by Gasteiger charge is 2.08. The normalized spacial score (nSPS) is 10.5. The summed E-state index contributed by atoms with van der Waals surface area (Å²) in [5.74, 6) is 2.12. The van der Waals surface area contributed by atoms with E-state index in [2.05, 4.69) is 16.5 Å². The first kappa shape index (κ1) is 15.0.